The van der Waals surface area contributed by atoms with Gasteiger partial charge in [0.2, 0.25) is 17.7 Å². The predicted octanol–water partition coefficient (Wildman–Crippen LogP) is -0.218. The Hall–Kier alpha value is -3.47. The summed E-state index contributed by atoms with van der Waals surface area (Å²) in [6.07, 6.45) is 0.585. The summed E-state index contributed by atoms with van der Waals surface area (Å²) in [7, 11) is 0. The van der Waals surface area contributed by atoms with Crippen molar-refractivity contribution in [1.29, 1.82) is 0 Å². The van der Waals surface area contributed by atoms with Crippen LogP contribution in [0.2, 0.25) is 0 Å². The third kappa shape index (κ3) is 11.4. The lowest BCUT2D eigenvalue weighted by Crippen LogP contribution is -2.69. The highest BCUT2D eigenvalue weighted by Crippen LogP contribution is 2.11. The molecule has 4 amide bonds. The lowest BCUT2D eigenvalue weighted by Gasteiger charge is -2.27. The van der Waals surface area contributed by atoms with E-state index in [1.54, 1.807) is 19.1 Å². The zero-order valence-corrected chi connectivity index (χ0v) is 22.4. The number of hydrogen-bond donors (Lipinski definition) is 5. The van der Waals surface area contributed by atoms with Gasteiger partial charge in [0.1, 0.15) is 24.7 Å². The molecule has 8 N–H and O–H groups in total. The highest BCUT2D eigenvalue weighted by Gasteiger charge is 2.33. The molecule has 1 aromatic rings. The molecule has 0 saturated carbocycles. The molecule has 0 aliphatic heterocycles. The number of hydrogen-bond acceptors (Lipinski definition) is 6. The Kier molecular flexibility index (Phi) is 13.3. The molecule has 1 rings (SSSR count). The highest BCUT2D eigenvalue weighted by molar-refractivity contribution is 5.96. The first-order chi connectivity index (χ1) is 17.3. The van der Waals surface area contributed by atoms with Crippen LogP contribution in [0.25, 0.3) is 0 Å². The van der Waals surface area contributed by atoms with Gasteiger partial charge in [-0.25, -0.2) is 0 Å². The summed E-state index contributed by atoms with van der Waals surface area (Å²) in [5.74, 6) is -3.35. The molecule has 1 aromatic carbocycles. The van der Waals surface area contributed by atoms with Crippen molar-refractivity contribution in [2.24, 2.45) is 17.6 Å². The second-order valence-electron chi connectivity index (χ2n) is 9.74. The maximum absolute atomic E-state index is 13.3. The first kappa shape index (κ1) is 31.6. The van der Waals surface area contributed by atoms with Crippen LogP contribution < -0.4 is 27.4 Å². The predicted molar refractivity (Wildman–Crippen MR) is 137 cm³/mol. The van der Waals surface area contributed by atoms with Crippen LogP contribution in [-0.4, -0.2) is 53.8 Å². The summed E-state index contributed by atoms with van der Waals surface area (Å²) in [5.41, 5.74) is 9.87. The van der Waals surface area contributed by atoms with Gasteiger partial charge in [-0.3, -0.25) is 24.0 Å². The fraction of sp³-hybridized carbons (Fsp3) is 0.577. The van der Waals surface area contributed by atoms with Gasteiger partial charge < -0.3 is 32.2 Å². The van der Waals surface area contributed by atoms with Gasteiger partial charge in [0.25, 0.3) is 5.91 Å². The van der Waals surface area contributed by atoms with Crippen LogP contribution >= 0.6 is 0 Å². The normalized spacial score (nSPS) is 15.0. The van der Waals surface area contributed by atoms with Crippen LogP contribution in [0.5, 0.6) is 0 Å². The molecule has 0 fully saturated rings. The van der Waals surface area contributed by atoms with Crippen molar-refractivity contribution in [2.45, 2.75) is 84.7 Å². The van der Waals surface area contributed by atoms with Gasteiger partial charge >= 0.3 is 5.97 Å². The number of carbonyl (C=O) groups excluding carboxylic acids is 5. The molecule has 0 aliphatic carbocycles. The molecule has 11 nitrogen and oxygen atoms in total. The topological polar surface area (TPSA) is 184 Å². The Morgan fingerprint density at radius 2 is 1.54 bits per heavy atom. The number of rotatable bonds is 15. The Bertz CT molecular complexity index is 923. The molecule has 0 bridgehead atoms. The summed E-state index contributed by atoms with van der Waals surface area (Å²) in [5, 5.41) is 7.70. The molecule has 0 spiro atoms. The lowest BCUT2D eigenvalue weighted by molar-refractivity contribution is -0.406. The molecule has 0 saturated heterocycles. The van der Waals surface area contributed by atoms with E-state index in [9.17, 15) is 24.0 Å². The van der Waals surface area contributed by atoms with E-state index < -0.39 is 60.2 Å². The Balaban J connectivity index is 3.04. The number of quaternary nitrogens is 1. The van der Waals surface area contributed by atoms with Gasteiger partial charge in [0.15, 0.2) is 6.04 Å². The molecule has 0 aromatic heterocycles. The largest absolute Gasteiger partial charge is 0.461 e. The molecule has 37 heavy (non-hydrogen) atoms. The minimum absolute atomic E-state index is 0.0101. The number of esters is 1. The molecule has 0 unspecified atom stereocenters. The van der Waals surface area contributed by atoms with E-state index in [0.29, 0.717) is 12.8 Å². The van der Waals surface area contributed by atoms with Crippen molar-refractivity contribution < 1.29 is 34.4 Å². The summed E-state index contributed by atoms with van der Waals surface area (Å²) in [6, 6.07) is 5.14. The number of primary amides is 1. The fourth-order valence-corrected chi connectivity index (χ4v) is 3.47. The quantitative estimate of drug-likeness (QED) is 0.199. The van der Waals surface area contributed by atoms with Crippen LogP contribution in [0, 0.1) is 11.8 Å². The Morgan fingerprint density at radius 3 is 2.08 bits per heavy atom. The zero-order valence-electron chi connectivity index (χ0n) is 22.4. The van der Waals surface area contributed by atoms with Gasteiger partial charge in [-0.15, -0.1) is 0 Å². The van der Waals surface area contributed by atoms with E-state index >= 15 is 0 Å². The molecular weight excluding hydrogens is 478 g/mol. The molecule has 0 aliphatic rings. The molecule has 11 heteroatoms. The van der Waals surface area contributed by atoms with E-state index in [0.717, 1.165) is 5.56 Å². The monoisotopic (exact) mass is 520 g/mol. The van der Waals surface area contributed by atoms with E-state index in [1.165, 1.54) is 6.92 Å². The fourth-order valence-electron chi connectivity index (χ4n) is 3.47. The van der Waals surface area contributed by atoms with Crippen LogP contribution in [0.4, 0.5) is 0 Å². The zero-order chi connectivity index (χ0) is 28.1. The number of amides is 4. The van der Waals surface area contributed by atoms with E-state index in [-0.39, 0.29) is 18.4 Å². The van der Waals surface area contributed by atoms with Crippen LogP contribution in [0.1, 0.15) is 59.4 Å². The Morgan fingerprint density at radius 1 is 0.919 bits per heavy atom. The minimum Gasteiger partial charge on any atom is -0.461 e. The second-order valence-corrected chi connectivity index (χ2v) is 9.74. The average Bonchev–Trinajstić information content (AvgIpc) is 2.84. The molecular formula is C26H42N5O6+. The van der Waals surface area contributed by atoms with E-state index in [1.807, 2.05) is 39.0 Å². The lowest BCUT2D eigenvalue weighted by atomic mass is 9.97. The van der Waals surface area contributed by atoms with Crippen molar-refractivity contribution >= 4 is 29.6 Å². The maximum atomic E-state index is 13.3. The summed E-state index contributed by atoms with van der Waals surface area (Å²) in [6.45, 7) is 8.93. The minimum atomic E-state index is -1.29. The van der Waals surface area contributed by atoms with Crippen LogP contribution in [0.3, 0.4) is 0 Å². The number of ether oxygens (including phenoxy) is 1. The summed E-state index contributed by atoms with van der Waals surface area (Å²) >= 11 is 0. The van der Waals surface area contributed by atoms with Gasteiger partial charge in [-0.05, 0) is 24.3 Å². The van der Waals surface area contributed by atoms with Gasteiger partial charge in [0, 0.05) is 6.42 Å². The van der Waals surface area contributed by atoms with Crippen molar-refractivity contribution in [2.75, 3.05) is 0 Å². The molecule has 5 atom stereocenters. The number of carbonyl (C=O) groups is 5. The maximum Gasteiger partial charge on any atom is 0.308 e. The number of nitrogens with one attached hydrogen (secondary N) is 3. The molecule has 0 heterocycles. The third-order valence-corrected chi connectivity index (χ3v) is 5.95. The van der Waals surface area contributed by atoms with Gasteiger partial charge in [0.05, 0.1) is 6.42 Å². The molecule has 0 radical (unpaired) electrons. The van der Waals surface area contributed by atoms with E-state index in [2.05, 4.69) is 21.7 Å². The van der Waals surface area contributed by atoms with Crippen molar-refractivity contribution in [1.82, 2.24) is 16.0 Å². The van der Waals surface area contributed by atoms with Crippen molar-refractivity contribution in [3.63, 3.8) is 0 Å². The standard InChI is InChI=1S/C26H41N5O6/c1-6-16(4)22(26(36)29-17(5)23(28)33)31-25(35)20(30-24(34)19(27)12-15(2)3)13-21(32)37-14-18-10-8-7-9-11-18/h7-11,15-17,19-20,22H,6,12-14,27H2,1-5H3,(H2,28,33)(H,29,36)(H,30,34)(H,31,35)/p+1/t16-,17+,19-,20-,22+/m1/s1. The smallest absolute Gasteiger partial charge is 0.308 e. The highest BCUT2D eigenvalue weighted by atomic mass is 16.5. The first-order valence-corrected chi connectivity index (χ1v) is 12.6. The Labute approximate surface area is 218 Å². The van der Waals surface area contributed by atoms with Crippen LogP contribution in [-0.2, 0) is 35.3 Å². The number of benzene rings is 1. The van der Waals surface area contributed by atoms with Crippen molar-refractivity contribution in [3.8, 4) is 0 Å². The third-order valence-electron chi connectivity index (χ3n) is 5.95. The average molecular weight is 521 g/mol. The first-order valence-electron chi connectivity index (χ1n) is 12.6. The summed E-state index contributed by atoms with van der Waals surface area (Å²) < 4.78 is 5.30. The second kappa shape index (κ2) is 15.6. The molecule has 206 valence electrons. The van der Waals surface area contributed by atoms with Crippen LogP contribution in [0.15, 0.2) is 30.3 Å². The van der Waals surface area contributed by atoms with Gasteiger partial charge in [-0.2, -0.15) is 0 Å². The van der Waals surface area contributed by atoms with E-state index in [4.69, 9.17) is 10.5 Å². The van der Waals surface area contributed by atoms with Gasteiger partial charge in [-0.1, -0.05) is 64.4 Å². The SMILES string of the molecule is CC[C@@H](C)[C@H](NC(=O)[C@@H](CC(=O)OCc1ccccc1)NC(=O)[C@H]([NH3+])CC(C)C)C(=O)N[C@@H](C)C(N)=O. The van der Waals surface area contributed by atoms with Crippen molar-refractivity contribution in [3.05, 3.63) is 35.9 Å². The number of nitrogens with two attached hydrogens (primary N) is 1. The summed E-state index contributed by atoms with van der Waals surface area (Å²) in [4.78, 5) is 62.8.